The van der Waals surface area contributed by atoms with Crippen LogP contribution in [-0.4, -0.2) is 43.3 Å². The van der Waals surface area contributed by atoms with Crippen molar-refractivity contribution >= 4 is 16.1 Å². The molecule has 1 aromatic carbocycles. The fourth-order valence-electron chi connectivity index (χ4n) is 4.46. The second-order valence-electron chi connectivity index (χ2n) is 7.98. The van der Waals surface area contributed by atoms with E-state index in [9.17, 15) is 26.4 Å². The van der Waals surface area contributed by atoms with Crippen LogP contribution in [0.3, 0.4) is 0 Å². The molecule has 3 rings (SSSR count). The monoisotopic (exact) mass is 464 g/mol. The number of esters is 1. The molecular weight excluding hydrogens is 441 g/mol. The summed E-state index contributed by atoms with van der Waals surface area (Å²) in [5.41, 5.74) is -0.334. The number of fused-ring (bicyclic) bond motifs is 2. The smallest absolute Gasteiger partial charge is 0.479 e. The molecule has 2 fully saturated rings. The summed E-state index contributed by atoms with van der Waals surface area (Å²) in [6.07, 6.45) is -1.58. The van der Waals surface area contributed by atoms with Crippen LogP contribution < -0.4 is 9.47 Å². The van der Waals surface area contributed by atoms with Crippen molar-refractivity contribution in [3.05, 3.63) is 35.9 Å². The minimum atomic E-state index is -4.97. The Morgan fingerprint density at radius 2 is 2.00 bits per heavy atom. The average Bonchev–Trinajstić information content (AvgIpc) is 3.22. The predicted octanol–water partition coefficient (Wildman–Crippen LogP) is 4.14. The van der Waals surface area contributed by atoms with E-state index in [4.69, 9.17) is 14.0 Å². The van der Waals surface area contributed by atoms with Crippen molar-refractivity contribution in [1.29, 1.82) is 0 Å². The number of carbonyl (C=O) groups is 1. The van der Waals surface area contributed by atoms with Crippen LogP contribution in [0.1, 0.15) is 43.0 Å². The highest BCUT2D eigenvalue weighted by Gasteiger charge is 2.54. The highest BCUT2D eigenvalue weighted by molar-refractivity contribution is 7.85. The lowest BCUT2D eigenvalue weighted by Crippen LogP contribution is -2.42. The molecule has 172 valence electrons. The maximum atomic E-state index is 12.9. The molecule has 0 radical (unpaired) electrons. The Kier molecular flexibility index (Phi) is 6.30. The van der Waals surface area contributed by atoms with Crippen LogP contribution in [-0.2, 0) is 14.9 Å². The molecule has 0 aliphatic heterocycles. The van der Waals surface area contributed by atoms with E-state index in [-0.39, 0.29) is 17.2 Å². The van der Waals surface area contributed by atoms with Gasteiger partial charge in [0.25, 0.3) is 10.1 Å². The molecular formula is C20H23F3O7S. The number of rotatable bonds is 8. The molecule has 1 aromatic rings. The van der Waals surface area contributed by atoms with E-state index in [0.29, 0.717) is 17.9 Å². The maximum absolute atomic E-state index is 12.9. The van der Waals surface area contributed by atoms with Crippen LogP contribution in [0.4, 0.5) is 13.2 Å². The van der Waals surface area contributed by atoms with Gasteiger partial charge in [-0.2, -0.15) is 8.42 Å². The van der Waals surface area contributed by atoms with Gasteiger partial charge in [-0.25, -0.2) is 4.79 Å². The largest absolute Gasteiger partial charge is 0.573 e. The lowest BCUT2D eigenvalue weighted by atomic mass is 9.79. The van der Waals surface area contributed by atoms with Gasteiger partial charge in [-0.1, -0.05) is 6.58 Å². The van der Waals surface area contributed by atoms with E-state index in [0.717, 1.165) is 37.5 Å². The number of carbonyl (C=O) groups excluding carboxylic acids is 1. The topological polar surface area (TPSA) is 99.1 Å². The first-order valence-corrected chi connectivity index (χ1v) is 11.3. The lowest BCUT2D eigenvalue weighted by Gasteiger charge is -2.39. The third kappa shape index (κ3) is 5.51. The molecule has 0 saturated heterocycles. The molecule has 3 atom stereocenters. The number of alkyl halides is 3. The summed E-state index contributed by atoms with van der Waals surface area (Å²) in [4.78, 5) is 12.2. The van der Waals surface area contributed by atoms with Crippen molar-refractivity contribution in [2.75, 3.05) is 12.4 Å². The van der Waals surface area contributed by atoms with Gasteiger partial charge in [-0.05, 0) is 62.3 Å². The first-order chi connectivity index (χ1) is 14.3. The number of benzene rings is 1. The third-order valence-electron chi connectivity index (χ3n) is 5.79. The summed E-state index contributed by atoms with van der Waals surface area (Å²) >= 11 is 0. The molecule has 0 spiro atoms. The highest BCUT2D eigenvalue weighted by atomic mass is 32.2. The third-order valence-corrected chi connectivity index (χ3v) is 6.47. The van der Waals surface area contributed by atoms with Crippen molar-refractivity contribution in [1.82, 2.24) is 0 Å². The van der Waals surface area contributed by atoms with Gasteiger partial charge in [-0.15, -0.1) is 13.2 Å². The summed E-state index contributed by atoms with van der Waals surface area (Å²) in [6, 6.07) is 3.08. The molecule has 2 bridgehead atoms. The summed E-state index contributed by atoms with van der Waals surface area (Å²) in [5.74, 6) is -2.19. The lowest BCUT2D eigenvalue weighted by molar-refractivity contribution is -0.275. The first-order valence-electron chi connectivity index (χ1n) is 9.66. The molecule has 2 saturated carbocycles. The fourth-order valence-corrected chi connectivity index (χ4v) is 4.75. The second kappa shape index (κ2) is 8.34. The van der Waals surface area contributed by atoms with Crippen LogP contribution in [0.15, 0.2) is 30.4 Å². The summed E-state index contributed by atoms with van der Waals surface area (Å²) in [5, 5.41) is 0. The zero-order chi connectivity index (χ0) is 23.0. The normalized spacial score (nSPS) is 25.3. The van der Waals surface area contributed by atoms with Crippen molar-refractivity contribution in [2.24, 2.45) is 11.8 Å². The van der Waals surface area contributed by atoms with Crippen LogP contribution in [0.5, 0.6) is 11.5 Å². The van der Waals surface area contributed by atoms with E-state index in [1.54, 1.807) is 6.92 Å². The van der Waals surface area contributed by atoms with Crippen molar-refractivity contribution in [2.45, 2.75) is 44.6 Å². The molecule has 31 heavy (non-hydrogen) atoms. The maximum Gasteiger partial charge on any atom is 0.573 e. The molecule has 3 unspecified atom stereocenters. The molecule has 0 amide bonds. The standard InChI is InChI=1S/C20H23F3O7S/c1-12(2)19(11-13-3-5-15(19)9-13)29-17-10-14(4-6-16(17)30-20(21,22)23)18(24)28-7-8-31(25,26)27/h4,6,10,13,15H,1,3,5,7-9,11H2,2H3,(H,25,26,27). The van der Waals surface area contributed by atoms with Crippen LogP contribution in [0.25, 0.3) is 0 Å². The molecule has 2 aliphatic rings. The van der Waals surface area contributed by atoms with Crippen molar-refractivity contribution in [3.8, 4) is 11.5 Å². The Morgan fingerprint density at radius 1 is 1.29 bits per heavy atom. The second-order valence-corrected chi connectivity index (χ2v) is 9.56. The van der Waals surface area contributed by atoms with Gasteiger partial charge in [0.05, 0.1) is 5.56 Å². The van der Waals surface area contributed by atoms with E-state index in [1.807, 2.05) is 0 Å². The Morgan fingerprint density at radius 3 is 2.52 bits per heavy atom. The number of hydrogen-bond acceptors (Lipinski definition) is 6. The van der Waals surface area contributed by atoms with Crippen molar-refractivity contribution in [3.63, 3.8) is 0 Å². The van der Waals surface area contributed by atoms with Gasteiger partial charge < -0.3 is 14.2 Å². The van der Waals surface area contributed by atoms with Gasteiger partial charge >= 0.3 is 12.3 Å². The Bertz CT molecular complexity index is 973. The molecule has 0 heterocycles. The van der Waals surface area contributed by atoms with Crippen LogP contribution in [0.2, 0.25) is 0 Å². The van der Waals surface area contributed by atoms with Crippen molar-refractivity contribution < 1.29 is 45.1 Å². The van der Waals surface area contributed by atoms with Gasteiger partial charge in [0.1, 0.15) is 18.0 Å². The highest BCUT2D eigenvalue weighted by Crippen LogP contribution is 2.56. The zero-order valence-corrected chi connectivity index (χ0v) is 17.6. The molecule has 11 heteroatoms. The van der Waals surface area contributed by atoms with Gasteiger partial charge in [0.15, 0.2) is 11.5 Å². The fraction of sp³-hybridized carbons (Fsp3) is 0.550. The predicted molar refractivity (Wildman–Crippen MR) is 103 cm³/mol. The summed E-state index contributed by atoms with van der Waals surface area (Å²) in [7, 11) is -4.33. The molecule has 2 aliphatic carbocycles. The Balaban J connectivity index is 1.89. The van der Waals surface area contributed by atoms with E-state index >= 15 is 0 Å². The van der Waals surface area contributed by atoms with E-state index in [2.05, 4.69) is 11.3 Å². The first kappa shape index (κ1) is 23.4. The zero-order valence-electron chi connectivity index (χ0n) is 16.8. The average molecular weight is 464 g/mol. The van der Waals surface area contributed by atoms with E-state index < -0.39 is 46.2 Å². The number of hydrogen-bond donors (Lipinski definition) is 1. The van der Waals surface area contributed by atoms with Gasteiger partial charge in [-0.3, -0.25) is 4.55 Å². The SMILES string of the molecule is C=C(C)C1(Oc2cc(C(=O)OCCS(=O)(=O)O)ccc2OC(F)(F)F)CC2CCC1C2. The molecule has 7 nitrogen and oxygen atoms in total. The van der Waals surface area contributed by atoms with Gasteiger partial charge in [0, 0.05) is 5.92 Å². The number of ether oxygens (including phenoxy) is 3. The van der Waals surface area contributed by atoms with Crippen LogP contribution in [0, 0.1) is 11.8 Å². The quantitative estimate of drug-likeness (QED) is 0.351. The summed E-state index contributed by atoms with van der Waals surface area (Å²) in [6.45, 7) is 5.13. The Hall–Kier alpha value is -2.27. The minimum absolute atomic E-state index is 0.0964. The van der Waals surface area contributed by atoms with Gasteiger partial charge in [0.2, 0.25) is 0 Å². The Labute approximate surface area is 177 Å². The van der Waals surface area contributed by atoms with E-state index in [1.165, 1.54) is 0 Å². The number of halogens is 3. The minimum Gasteiger partial charge on any atom is -0.479 e. The summed E-state index contributed by atoms with van der Waals surface area (Å²) < 4.78 is 83.9. The van der Waals surface area contributed by atoms with Crippen LogP contribution >= 0.6 is 0 Å². The molecule has 1 N–H and O–H groups in total. The molecule has 0 aromatic heterocycles.